The monoisotopic (exact) mass is 260 g/mol. The van der Waals surface area contributed by atoms with Crippen LogP contribution in [0, 0.1) is 0 Å². The Labute approximate surface area is 111 Å². The van der Waals surface area contributed by atoms with Crippen LogP contribution in [-0.2, 0) is 0 Å². The van der Waals surface area contributed by atoms with Gasteiger partial charge in [-0.1, -0.05) is 17.7 Å². The second-order valence-corrected chi connectivity index (χ2v) is 4.39. The minimum atomic E-state index is -0.134. The molecule has 1 aromatic carbocycles. The Bertz CT molecular complexity index is 525. The lowest BCUT2D eigenvalue weighted by molar-refractivity contribution is 0.0939. The molecule has 1 aromatic heterocycles. The van der Waals surface area contributed by atoms with Crippen LogP contribution >= 0.6 is 11.6 Å². The number of benzene rings is 1. The highest BCUT2D eigenvalue weighted by Crippen LogP contribution is 2.12. The van der Waals surface area contributed by atoms with Gasteiger partial charge in [0.05, 0.1) is 11.7 Å². The maximum absolute atomic E-state index is 12.0. The Morgan fingerprint density at radius 3 is 2.56 bits per heavy atom. The van der Waals surface area contributed by atoms with Crippen LogP contribution in [0.3, 0.4) is 0 Å². The number of aromatic nitrogens is 1. The van der Waals surface area contributed by atoms with Crippen molar-refractivity contribution in [2.75, 3.05) is 0 Å². The zero-order valence-corrected chi connectivity index (χ0v) is 10.7. The Hall–Kier alpha value is -1.87. The molecule has 3 nitrogen and oxygen atoms in total. The first-order valence-corrected chi connectivity index (χ1v) is 6.02. The normalized spacial score (nSPS) is 11.9. The van der Waals surface area contributed by atoms with Crippen LogP contribution in [0.2, 0.25) is 5.02 Å². The van der Waals surface area contributed by atoms with Gasteiger partial charge < -0.3 is 5.32 Å². The first kappa shape index (κ1) is 12.6. The van der Waals surface area contributed by atoms with Gasteiger partial charge in [-0.15, -0.1) is 0 Å². The summed E-state index contributed by atoms with van der Waals surface area (Å²) in [6.45, 7) is 1.90. The number of carbonyl (C=O) groups excluding carboxylic acids is 1. The summed E-state index contributed by atoms with van der Waals surface area (Å²) >= 11 is 5.78. The van der Waals surface area contributed by atoms with Gasteiger partial charge in [0.1, 0.15) is 0 Å². The fraction of sp³-hybridized carbons (Fsp3) is 0.143. The van der Waals surface area contributed by atoms with E-state index in [1.165, 1.54) is 0 Å². The molecule has 1 N–H and O–H groups in total. The lowest BCUT2D eigenvalue weighted by Crippen LogP contribution is -2.27. The molecule has 1 atom stereocenters. The van der Waals surface area contributed by atoms with Crippen molar-refractivity contribution in [3.8, 4) is 0 Å². The van der Waals surface area contributed by atoms with E-state index >= 15 is 0 Å². The molecule has 1 amide bonds. The predicted molar refractivity (Wildman–Crippen MR) is 71.6 cm³/mol. The van der Waals surface area contributed by atoms with Crippen molar-refractivity contribution in [3.63, 3.8) is 0 Å². The molecule has 0 radical (unpaired) electrons. The van der Waals surface area contributed by atoms with Crippen LogP contribution < -0.4 is 5.32 Å². The minimum Gasteiger partial charge on any atom is -0.344 e. The molecule has 0 bridgehead atoms. The maximum Gasteiger partial charge on any atom is 0.251 e. The second-order valence-electron chi connectivity index (χ2n) is 3.96. The maximum atomic E-state index is 12.0. The van der Waals surface area contributed by atoms with Gasteiger partial charge in [0.2, 0.25) is 0 Å². The van der Waals surface area contributed by atoms with E-state index < -0.39 is 0 Å². The number of hydrogen-bond donors (Lipinski definition) is 1. The number of rotatable bonds is 3. The molecule has 2 aromatic rings. The molecule has 1 unspecified atom stereocenters. The van der Waals surface area contributed by atoms with Crippen LogP contribution in [-0.4, -0.2) is 10.9 Å². The number of nitrogens with one attached hydrogen (secondary N) is 1. The quantitative estimate of drug-likeness (QED) is 0.921. The van der Waals surface area contributed by atoms with Gasteiger partial charge in [0.25, 0.3) is 5.91 Å². The Morgan fingerprint density at radius 1 is 1.22 bits per heavy atom. The number of amides is 1. The Kier molecular flexibility index (Phi) is 3.95. The third-order valence-corrected chi connectivity index (χ3v) is 2.84. The third kappa shape index (κ3) is 3.08. The second kappa shape index (κ2) is 5.65. The fourth-order valence-corrected chi connectivity index (χ4v) is 1.71. The smallest absolute Gasteiger partial charge is 0.251 e. The van der Waals surface area contributed by atoms with Crippen LogP contribution in [0.4, 0.5) is 0 Å². The van der Waals surface area contributed by atoms with Crippen LogP contribution in [0.25, 0.3) is 0 Å². The molecule has 0 spiro atoms. The van der Waals surface area contributed by atoms with E-state index in [9.17, 15) is 4.79 Å². The summed E-state index contributed by atoms with van der Waals surface area (Å²) in [6, 6.07) is 12.3. The molecular formula is C14H13ClN2O. The number of halogens is 1. The van der Waals surface area contributed by atoms with E-state index in [-0.39, 0.29) is 11.9 Å². The molecule has 0 aliphatic carbocycles. The van der Waals surface area contributed by atoms with E-state index in [2.05, 4.69) is 10.3 Å². The third-order valence-electron chi connectivity index (χ3n) is 2.59. The Balaban J connectivity index is 2.06. The highest BCUT2D eigenvalue weighted by atomic mass is 35.5. The summed E-state index contributed by atoms with van der Waals surface area (Å²) in [4.78, 5) is 16.2. The van der Waals surface area contributed by atoms with Gasteiger partial charge in [-0.25, -0.2) is 0 Å². The van der Waals surface area contributed by atoms with Crippen molar-refractivity contribution in [2.45, 2.75) is 13.0 Å². The van der Waals surface area contributed by atoms with Crippen LogP contribution in [0.5, 0.6) is 0 Å². The average molecular weight is 261 g/mol. The van der Waals surface area contributed by atoms with E-state index in [0.29, 0.717) is 10.6 Å². The molecular weight excluding hydrogens is 248 g/mol. The molecule has 18 heavy (non-hydrogen) atoms. The van der Waals surface area contributed by atoms with Crippen molar-refractivity contribution in [2.24, 2.45) is 0 Å². The summed E-state index contributed by atoms with van der Waals surface area (Å²) in [5.74, 6) is -0.134. The topological polar surface area (TPSA) is 42.0 Å². The van der Waals surface area contributed by atoms with Gasteiger partial charge in [-0.05, 0) is 43.3 Å². The van der Waals surface area contributed by atoms with Gasteiger partial charge in [0, 0.05) is 16.8 Å². The van der Waals surface area contributed by atoms with Crippen molar-refractivity contribution in [1.82, 2.24) is 10.3 Å². The van der Waals surface area contributed by atoms with Gasteiger partial charge >= 0.3 is 0 Å². The van der Waals surface area contributed by atoms with E-state index in [0.717, 1.165) is 5.69 Å². The highest BCUT2D eigenvalue weighted by Gasteiger charge is 2.11. The van der Waals surface area contributed by atoms with Crippen LogP contribution in [0.1, 0.15) is 29.0 Å². The van der Waals surface area contributed by atoms with Crippen molar-refractivity contribution in [3.05, 3.63) is 64.9 Å². The van der Waals surface area contributed by atoms with Crippen LogP contribution in [0.15, 0.2) is 48.7 Å². The molecule has 1 heterocycles. The van der Waals surface area contributed by atoms with Crippen molar-refractivity contribution >= 4 is 17.5 Å². The lowest BCUT2D eigenvalue weighted by atomic mass is 10.1. The average Bonchev–Trinajstić information content (AvgIpc) is 2.40. The van der Waals surface area contributed by atoms with Gasteiger partial charge in [-0.3, -0.25) is 9.78 Å². The van der Waals surface area contributed by atoms with E-state index in [1.54, 1.807) is 30.5 Å². The first-order chi connectivity index (χ1) is 8.66. The molecule has 0 fully saturated rings. The van der Waals surface area contributed by atoms with Crippen molar-refractivity contribution < 1.29 is 4.79 Å². The number of carbonyl (C=O) groups is 1. The minimum absolute atomic E-state index is 0.130. The van der Waals surface area contributed by atoms with E-state index in [4.69, 9.17) is 11.6 Å². The standard InChI is InChI=1S/C14H13ClN2O/c1-10(13-4-2-3-9-16-13)17-14(18)11-5-7-12(15)8-6-11/h2-10H,1H3,(H,17,18). The number of pyridine rings is 1. The first-order valence-electron chi connectivity index (χ1n) is 5.64. The SMILES string of the molecule is CC(NC(=O)c1ccc(Cl)cc1)c1ccccn1. The summed E-state index contributed by atoms with van der Waals surface area (Å²) in [5, 5.41) is 3.50. The zero-order chi connectivity index (χ0) is 13.0. The number of hydrogen-bond acceptors (Lipinski definition) is 2. The molecule has 0 aliphatic rings. The molecule has 0 saturated heterocycles. The zero-order valence-electron chi connectivity index (χ0n) is 9.93. The summed E-state index contributed by atoms with van der Waals surface area (Å²) in [5.41, 5.74) is 1.42. The molecule has 0 saturated carbocycles. The van der Waals surface area contributed by atoms with Crippen molar-refractivity contribution in [1.29, 1.82) is 0 Å². The number of nitrogens with zero attached hydrogens (tertiary/aromatic N) is 1. The fourth-order valence-electron chi connectivity index (χ4n) is 1.59. The molecule has 4 heteroatoms. The molecule has 2 rings (SSSR count). The summed E-state index contributed by atoms with van der Waals surface area (Å²) in [7, 11) is 0. The van der Waals surface area contributed by atoms with E-state index in [1.807, 2.05) is 25.1 Å². The Morgan fingerprint density at radius 2 is 1.94 bits per heavy atom. The summed E-state index contributed by atoms with van der Waals surface area (Å²) in [6.07, 6.45) is 1.71. The summed E-state index contributed by atoms with van der Waals surface area (Å²) < 4.78 is 0. The predicted octanol–water partition coefficient (Wildman–Crippen LogP) is 3.23. The molecule has 92 valence electrons. The van der Waals surface area contributed by atoms with Gasteiger partial charge in [-0.2, -0.15) is 0 Å². The lowest BCUT2D eigenvalue weighted by Gasteiger charge is -2.13. The largest absolute Gasteiger partial charge is 0.344 e. The molecule has 0 aliphatic heterocycles. The highest BCUT2D eigenvalue weighted by molar-refractivity contribution is 6.30. The van der Waals surface area contributed by atoms with Gasteiger partial charge in [0.15, 0.2) is 0 Å².